The highest BCUT2D eigenvalue weighted by atomic mass is 16.5. The average Bonchev–Trinajstić information content (AvgIpc) is 3.37. The zero-order valence-corrected chi connectivity index (χ0v) is 38.3. The van der Waals surface area contributed by atoms with Crippen LogP contribution in [-0.2, 0) is 0 Å². The first-order valence-electron chi connectivity index (χ1n) is 22.9. The predicted molar refractivity (Wildman–Crippen MR) is 271 cm³/mol. The highest BCUT2D eigenvalue weighted by Gasteiger charge is 2.14. The monoisotopic (exact) mass is 875 g/mol. The Morgan fingerprint density at radius 2 is 0.758 bits per heavy atom. The van der Waals surface area contributed by atoms with E-state index in [1.807, 2.05) is 61.5 Å². The van der Waals surface area contributed by atoms with Crippen molar-refractivity contribution in [2.45, 2.75) is 53.4 Å². The number of pyridine rings is 3. The summed E-state index contributed by atoms with van der Waals surface area (Å²) in [7, 11) is 0. The Kier molecular flexibility index (Phi) is 16.8. The van der Waals surface area contributed by atoms with Crippen molar-refractivity contribution in [2.24, 2.45) is 0 Å². The van der Waals surface area contributed by atoms with E-state index < -0.39 is 0 Å². The molecule has 0 N–H and O–H groups in total. The van der Waals surface area contributed by atoms with E-state index in [0.29, 0.717) is 43.5 Å². The van der Waals surface area contributed by atoms with Crippen LogP contribution in [0.5, 0.6) is 23.0 Å². The summed E-state index contributed by atoms with van der Waals surface area (Å²) in [6.45, 7) is 10.6. The number of nitrogens with zero attached hydrogens (tertiary/aromatic N) is 3. The molecule has 7 aromatic rings. The Labute approximate surface area is 389 Å². The molecule has 0 bridgehead atoms. The van der Waals surface area contributed by atoms with Gasteiger partial charge in [0.05, 0.1) is 54.8 Å². The van der Waals surface area contributed by atoms with E-state index >= 15 is 0 Å². The van der Waals surface area contributed by atoms with Gasteiger partial charge in [-0.25, -0.2) is 4.98 Å². The summed E-state index contributed by atoms with van der Waals surface area (Å²) >= 11 is 0. The maximum absolute atomic E-state index is 11.8. The highest BCUT2D eigenvalue weighted by molar-refractivity contribution is 5.84. The van der Waals surface area contributed by atoms with Crippen LogP contribution in [0.3, 0.4) is 0 Å². The van der Waals surface area contributed by atoms with Crippen LogP contribution in [0.1, 0.15) is 97.1 Å². The average molecular weight is 876 g/mol. The Morgan fingerprint density at radius 3 is 1.11 bits per heavy atom. The third-order valence-corrected chi connectivity index (χ3v) is 10.5. The molecule has 0 saturated heterocycles. The van der Waals surface area contributed by atoms with Gasteiger partial charge in [0.2, 0.25) is 0 Å². The summed E-state index contributed by atoms with van der Waals surface area (Å²) in [6.07, 6.45) is 20.3. The van der Waals surface area contributed by atoms with Crippen molar-refractivity contribution in [3.05, 3.63) is 173 Å². The Bertz CT molecular complexity index is 2690. The second-order valence-electron chi connectivity index (χ2n) is 15.7. The summed E-state index contributed by atoms with van der Waals surface area (Å²) in [5, 5.41) is 0. The van der Waals surface area contributed by atoms with Crippen molar-refractivity contribution in [1.29, 1.82) is 0 Å². The number of carbonyl (C=O) groups is 1. The van der Waals surface area contributed by atoms with E-state index in [4.69, 9.17) is 23.9 Å². The predicted octanol–water partition coefficient (Wildman–Crippen LogP) is 14.4. The van der Waals surface area contributed by atoms with Crippen LogP contribution < -0.4 is 18.9 Å². The number of benzene rings is 4. The highest BCUT2D eigenvalue weighted by Crippen LogP contribution is 2.34. The van der Waals surface area contributed by atoms with Crippen molar-refractivity contribution in [2.75, 3.05) is 26.4 Å². The molecule has 0 unspecified atom stereocenters. The van der Waals surface area contributed by atoms with Gasteiger partial charge in [0.1, 0.15) is 23.0 Å². The first kappa shape index (κ1) is 46.4. The van der Waals surface area contributed by atoms with E-state index in [1.54, 1.807) is 18.5 Å². The number of ether oxygens (including phenoxy) is 4. The minimum Gasteiger partial charge on any atom is -0.493 e. The molecule has 7 rings (SSSR count). The largest absolute Gasteiger partial charge is 0.493 e. The zero-order valence-electron chi connectivity index (χ0n) is 38.3. The van der Waals surface area contributed by atoms with E-state index in [9.17, 15) is 4.79 Å². The second-order valence-corrected chi connectivity index (χ2v) is 15.7. The minimum atomic E-state index is 0.484. The van der Waals surface area contributed by atoms with Crippen LogP contribution in [0.2, 0.25) is 0 Å². The van der Waals surface area contributed by atoms with Crippen LogP contribution in [0.4, 0.5) is 0 Å². The molecule has 0 spiro atoms. The molecule has 0 aliphatic carbocycles. The van der Waals surface area contributed by atoms with Crippen molar-refractivity contribution in [3.8, 4) is 56.9 Å². The molecule has 3 heterocycles. The molecule has 8 heteroatoms. The summed E-state index contributed by atoms with van der Waals surface area (Å²) in [5.74, 6) is 2.80. The maximum atomic E-state index is 11.8. The summed E-state index contributed by atoms with van der Waals surface area (Å²) in [5.41, 5.74) is 11.6. The van der Waals surface area contributed by atoms with Crippen molar-refractivity contribution >= 4 is 42.7 Å². The molecule has 334 valence electrons. The third-order valence-electron chi connectivity index (χ3n) is 10.5. The molecular formula is C58H57N3O5. The fourth-order valence-electron chi connectivity index (χ4n) is 7.06. The molecule has 0 radical (unpaired) electrons. The van der Waals surface area contributed by atoms with E-state index in [-0.39, 0.29) is 0 Å². The molecule has 0 saturated carbocycles. The number of carbonyl (C=O) groups excluding carboxylic acids is 1. The van der Waals surface area contributed by atoms with Gasteiger partial charge in [-0.1, -0.05) is 125 Å². The normalized spacial score (nSPS) is 11.4. The summed E-state index contributed by atoms with van der Waals surface area (Å²) < 4.78 is 24.6. The fraction of sp³-hybridized carbons (Fsp3) is 0.207. The van der Waals surface area contributed by atoms with Crippen molar-refractivity contribution in [3.63, 3.8) is 0 Å². The zero-order chi connectivity index (χ0) is 45.9. The number of aldehydes is 1. The topological polar surface area (TPSA) is 92.7 Å². The lowest BCUT2D eigenvalue weighted by atomic mass is 10.0. The standard InChI is InChI=1S/C58H57N3O5/c1-5-31-63-55-38-47(28-23-44-19-24-45(25-20-44)49-35-53(51-13-9-11-29-59-51)61-54(36-49)52-14-10-12-30-60-52)56(64-32-6-2)37-46(55)26-21-42-15-17-43(18-16-42)22-27-48-39-58(66-34-8-4)50(41-62)40-57(48)65-33-7-3/h9-30,35-41H,5-8,31-34H2,1-4H3/b26-21+,27-22+,28-23+. The molecule has 0 aliphatic rings. The van der Waals surface area contributed by atoms with Gasteiger partial charge in [-0.05, 0) is 114 Å². The van der Waals surface area contributed by atoms with Crippen molar-refractivity contribution < 1.29 is 23.7 Å². The number of aromatic nitrogens is 3. The molecule has 0 atom stereocenters. The lowest BCUT2D eigenvalue weighted by Gasteiger charge is -2.15. The van der Waals surface area contributed by atoms with Gasteiger partial charge in [-0.2, -0.15) is 0 Å². The van der Waals surface area contributed by atoms with Crippen LogP contribution in [-0.4, -0.2) is 47.7 Å². The van der Waals surface area contributed by atoms with Gasteiger partial charge in [-0.3, -0.25) is 14.8 Å². The summed E-state index contributed by atoms with van der Waals surface area (Å²) in [6, 6.07) is 40.5. The Balaban J connectivity index is 1.11. The first-order chi connectivity index (χ1) is 32.5. The van der Waals surface area contributed by atoms with Gasteiger partial charge in [0.15, 0.2) is 6.29 Å². The van der Waals surface area contributed by atoms with Gasteiger partial charge in [-0.15, -0.1) is 0 Å². The lowest BCUT2D eigenvalue weighted by Crippen LogP contribution is -2.02. The first-order valence-corrected chi connectivity index (χ1v) is 22.9. The smallest absolute Gasteiger partial charge is 0.153 e. The van der Waals surface area contributed by atoms with Gasteiger partial charge in [0.25, 0.3) is 0 Å². The van der Waals surface area contributed by atoms with Crippen LogP contribution in [0, 0.1) is 0 Å². The SMILES string of the molecule is CCCOc1cc(/C=C/c2ccc(/C=C/c3cc(OCCC)c(/C=C/c4ccc(-c5cc(-c6ccccn6)nc(-c6ccccn6)c5)cc4)cc3OCCC)cc2)c(OCCC)cc1C=O. The molecule has 66 heavy (non-hydrogen) atoms. The van der Waals surface area contributed by atoms with Gasteiger partial charge < -0.3 is 18.9 Å². The Morgan fingerprint density at radius 1 is 0.394 bits per heavy atom. The van der Waals surface area contributed by atoms with Gasteiger partial charge in [0, 0.05) is 29.1 Å². The quantitative estimate of drug-likeness (QED) is 0.0491. The third kappa shape index (κ3) is 12.6. The van der Waals surface area contributed by atoms with Crippen LogP contribution >= 0.6 is 0 Å². The number of hydrogen-bond acceptors (Lipinski definition) is 8. The van der Waals surface area contributed by atoms with Crippen LogP contribution in [0.15, 0.2) is 134 Å². The Hall–Kier alpha value is -7.58. The van der Waals surface area contributed by atoms with E-state index in [0.717, 1.165) is 111 Å². The molecular weight excluding hydrogens is 819 g/mol. The summed E-state index contributed by atoms with van der Waals surface area (Å²) in [4.78, 5) is 25.9. The molecule has 0 aliphatic heterocycles. The lowest BCUT2D eigenvalue weighted by molar-refractivity contribution is 0.111. The molecule has 0 fully saturated rings. The molecule has 3 aromatic heterocycles. The molecule has 0 amide bonds. The molecule has 4 aromatic carbocycles. The molecule has 8 nitrogen and oxygen atoms in total. The van der Waals surface area contributed by atoms with E-state index in [1.165, 1.54) is 0 Å². The number of rotatable bonds is 22. The second kappa shape index (κ2) is 23.9. The van der Waals surface area contributed by atoms with Crippen molar-refractivity contribution in [1.82, 2.24) is 15.0 Å². The van der Waals surface area contributed by atoms with Crippen LogP contribution in [0.25, 0.3) is 70.4 Å². The maximum Gasteiger partial charge on any atom is 0.153 e. The number of hydrogen-bond donors (Lipinski definition) is 0. The minimum absolute atomic E-state index is 0.484. The van der Waals surface area contributed by atoms with E-state index in [2.05, 4.69) is 128 Å². The van der Waals surface area contributed by atoms with Gasteiger partial charge >= 0.3 is 0 Å². The fourth-order valence-corrected chi connectivity index (χ4v) is 7.06.